The molecule has 3 saturated carbocycles. The molecular formula is C13H20O. The first-order valence-electron chi connectivity index (χ1n) is 6.34. The van der Waals surface area contributed by atoms with Gasteiger partial charge in [0.1, 0.15) is 6.29 Å². The van der Waals surface area contributed by atoms with E-state index in [2.05, 4.69) is 0 Å². The van der Waals surface area contributed by atoms with Crippen LogP contribution in [0.1, 0.15) is 44.9 Å². The van der Waals surface area contributed by atoms with E-state index in [1.165, 1.54) is 38.5 Å². The van der Waals surface area contributed by atoms with Gasteiger partial charge in [-0.1, -0.05) is 0 Å². The zero-order valence-electron chi connectivity index (χ0n) is 8.82. The van der Waals surface area contributed by atoms with Crippen molar-refractivity contribution in [2.24, 2.45) is 29.6 Å². The van der Waals surface area contributed by atoms with E-state index in [0.717, 1.165) is 42.3 Å². The summed E-state index contributed by atoms with van der Waals surface area (Å²) in [6.45, 7) is 0. The molecule has 0 N–H and O–H groups in total. The molecule has 2 bridgehead atoms. The number of fused-ring (bicyclic) bond motifs is 5. The van der Waals surface area contributed by atoms with Crippen molar-refractivity contribution in [3.8, 4) is 0 Å². The first-order chi connectivity index (χ1) is 6.90. The van der Waals surface area contributed by atoms with Gasteiger partial charge in [-0.05, 0) is 68.1 Å². The van der Waals surface area contributed by atoms with Crippen LogP contribution in [0.5, 0.6) is 0 Å². The van der Waals surface area contributed by atoms with Crippen LogP contribution in [-0.2, 0) is 4.79 Å². The molecule has 78 valence electrons. The van der Waals surface area contributed by atoms with Crippen LogP contribution in [0.25, 0.3) is 0 Å². The number of carbonyl (C=O) groups is 1. The largest absolute Gasteiger partial charge is 0.303 e. The first-order valence-corrected chi connectivity index (χ1v) is 6.34. The van der Waals surface area contributed by atoms with Crippen molar-refractivity contribution in [3.05, 3.63) is 0 Å². The third-order valence-electron chi connectivity index (χ3n) is 5.23. The molecule has 0 aromatic carbocycles. The Hall–Kier alpha value is -0.330. The van der Waals surface area contributed by atoms with Crippen LogP contribution in [0.2, 0.25) is 0 Å². The molecule has 3 fully saturated rings. The van der Waals surface area contributed by atoms with Crippen molar-refractivity contribution in [1.29, 1.82) is 0 Å². The molecule has 1 heteroatoms. The van der Waals surface area contributed by atoms with E-state index >= 15 is 0 Å². The summed E-state index contributed by atoms with van der Waals surface area (Å²) in [7, 11) is 0. The molecule has 0 aliphatic heterocycles. The Balaban J connectivity index is 1.69. The van der Waals surface area contributed by atoms with Gasteiger partial charge in [-0.25, -0.2) is 0 Å². The highest BCUT2D eigenvalue weighted by Crippen LogP contribution is 2.61. The maximum absolute atomic E-state index is 10.4. The van der Waals surface area contributed by atoms with E-state index in [9.17, 15) is 4.79 Å². The lowest BCUT2D eigenvalue weighted by Gasteiger charge is -2.28. The van der Waals surface area contributed by atoms with Gasteiger partial charge in [0.25, 0.3) is 0 Å². The fourth-order valence-electron chi connectivity index (χ4n) is 4.84. The van der Waals surface area contributed by atoms with Gasteiger partial charge in [0.2, 0.25) is 0 Å². The third kappa shape index (κ3) is 1.17. The zero-order valence-corrected chi connectivity index (χ0v) is 8.82. The Morgan fingerprint density at radius 1 is 1.07 bits per heavy atom. The van der Waals surface area contributed by atoms with Crippen molar-refractivity contribution >= 4 is 6.29 Å². The molecule has 1 nitrogen and oxygen atoms in total. The average Bonchev–Trinajstić information content (AvgIpc) is 2.87. The van der Waals surface area contributed by atoms with E-state index in [0.29, 0.717) is 0 Å². The highest BCUT2D eigenvalue weighted by Gasteiger charge is 2.52. The van der Waals surface area contributed by atoms with Gasteiger partial charge in [-0.2, -0.15) is 0 Å². The summed E-state index contributed by atoms with van der Waals surface area (Å²) in [5.41, 5.74) is 0. The molecule has 0 saturated heterocycles. The predicted octanol–water partition coefficient (Wildman–Crippen LogP) is 3.04. The van der Waals surface area contributed by atoms with E-state index in [1.54, 1.807) is 0 Å². The van der Waals surface area contributed by atoms with Crippen molar-refractivity contribution < 1.29 is 4.79 Å². The molecule has 3 aliphatic rings. The normalized spacial score (nSPS) is 49.6. The Morgan fingerprint density at radius 2 is 1.93 bits per heavy atom. The molecule has 0 aromatic rings. The van der Waals surface area contributed by atoms with Gasteiger partial charge in [-0.3, -0.25) is 0 Å². The van der Waals surface area contributed by atoms with E-state index in [1.807, 2.05) is 0 Å². The Bertz CT molecular complexity index is 235. The van der Waals surface area contributed by atoms with Gasteiger partial charge in [-0.15, -0.1) is 0 Å². The lowest BCUT2D eigenvalue weighted by Crippen LogP contribution is -2.22. The first kappa shape index (κ1) is 8.94. The predicted molar refractivity (Wildman–Crippen MR) is 55.8 cm³/mol. The maximum Gasteiger partial charge on any atom is 0.120 e. The molecule has 0 spiro atoms. The summed E-state index contributed by atoms with van der Waals surface area (Å²) in [5, 5.41) is 0. The van der Waals surface area contributed by atoms with Crippen LogP contribution in [0.15, 0.2) is 0 Å². The SMILES string of the molecule is O=CCCC1CCC2C3CCC(C3)C12. The van der Waals surface area contributed by atoms with Crippen molar-refractivity contribution in [1.82, 2.24) is 0 Å². The fraction of sp³-hybridized carbons (Fsp3) is 0.923. The second kappa shape index (κ2) is 3.36. The van der Waals surface area contributed by atoms with Crippen LogP contribution in [0, 0.1) is 29.6 Å². The summed E-state index contributed by atoms with van der Waals surface area (Å²) in [5.74, 6) is 5.18. The Morgan fingerprint density at radius 3 is 2.79 bits per heavy atom. The van der Waals surface area contributed by atoms with Gasteiger partial charge in [0.15, 0.2) is 0 Å². The standard InChI is InChI=1S/C13H20O/c14-7-1-2-9-5-6-12-10-3-4-11(8-10)13(9)12/h7,9-13H,1-6,8H2. The lowest BCUT2D eigenvalue weighted by atomic mass is 9.77. The summed E-state index contributed by atoms with van der Waals surface area (Å²) in [6.07, 6.45) is 10.6. The van der Waals surface area contributed by atoms with Gasteiger partial charge in [0, 0.05) is 6.42 Å². The quantitative estimate of drug-likeness (QED) is 0.628. The van der Waals surface area contributed by atoms with Gasteiger partial charge >= 0.3 is 0 Å². The molecule has 0 amide bonds. The minimum absolute atomic E-state index is 0.811. The van der Waals surface area contributed by atoms with Crippen molar-refractivity contribution in [2.45, 2.75) is 44.9 Å². The maximum atomic E-state index is 10.4. The molecular weight excluding hydrogens is 172 g/mol. The van der Waals surface area contributed by atoms with Crippen molar-refractivity contribution in [3.63, 3.8) is 0 Å². The molecule has 14 heavy (non-hydrogen) atoms. The highest BCUT2D eigenvalue weighted by molar-refractivity contribution is 5.49. The van der Waals surface area contributed by atoms with E-state index in [-0.39, 0.29) is 0 Å². The fourth-order valence-corrected chi connectivity index (χ4v) is 4.84. The number of rotatable bonds is 3. The summed E-state index contributed by atoms with van der Waals surface area (Å²) < 4.78 is 0. The highest BCUT2D eigenvalue weighted by atomic mass is 16.1. The lowest BCUT2D eigenvalue weighted by molar-refractivity contribution is -0.108. The monoisotopic (exact) mass is 192 g/mol. The number of hydrogen-bond donors (Lipinski definition) is 0. The summed E-state index contributed by atoms with van der Waals surface area (Å²) in [4.78, 5) is 10.4. The zero-order chi connectivity index (χ0) is 9.54. The van der Waals surface area contributed by atoms with Crippen LogP contribution < -0.4 is 0 Å². The number of aldehydes is 1. The van der Waals surface area contributed by atoms with E-state index < -0.39 is 0 Å². The van der Waals surface area contributed by atoms with Crippen LogP contribution in [0.4, 0.5) is 0 Å². The van der Waals surface area contributed by atoms with Gasteiger partial charge in [0.05, 0.1) is 0 Å². The molecule has 0 radical (unpaired) electrons. The van der Waals surface area contributed by atoms with Crippen molar-refractivity contribution in [2.75, 3.05) is 0 Å². The molecule has 0 aromatic heterocycles. The smallest absolute Gasteiger partial charge is 0.120 e. The van der Waals surface area contributed by atoms with E-state index in [4.69, 9.17) is 0 Å². The Labute approximate surface area is 86.3 Å². The number of hydrogen-bond acceptors (Lipinski definition) is 1. The summed E-state index contributed by atoms with van der Waals surface area (Å²) in [6, 6.07) is 0. The number of carbonyl (C=O) groups excluding carboxylic acids is 1. The average molecular weight is 192 g/mol. The topological polar surface area (TPSA) is 17.1 Å². The molecule has 5 unspecified atom stereocenters. The van der Waals surface area contributed by atoms with Crippen LogP contribution >= 0.6 is 0 Å². The van der Waals surface area contributed by atoms with Gasteiger partial charge < -0.3 is 4.79 Å². The molecule has 3 rings (SSSR count). The van der Waals surface area contributed by atoms with Crippen LogP contribution in [-0.4, -0.2) is 6.29 Å². The Kier molecular flexibility index (Phi) is 2.14. The second-order valence-corrected chi connectivity index (χ2v) is 5.66. The molecule has 5 atom stereocenters. The molecule has 0 heterocycles. The van der Waals surface area contributed by atoms with Crippen LogP contribution in [0.3, 0.4) is 0 Å². The second-order valence-electron chi connectivity index (χ2n) is 5.66. The summed E-state index contributed by atoms with van der Waals surface area (Å²) >= 11 is 0. The third-order valence-corrected chi connectivity index (χ3v) is 5.23. The minimum atomic E-state index is 0.811. The minimum Gasteiger partial charge on any atom is -0.303 e. The molecule has 3 aliphatic carbocycles.